The quantitative estimate of drug-likeness (QED) is 0.796. The average molecular weight is 316 g/mol. The van der Waals surface area contributed by atoms with Crippen LogP contribution in [0.1, 0.15) is 32.6 Å². The molecule has 2 atom stereocenters. The molecule has 0 aliphatic heterocycles. The van der Waals surface area contributed by atoms with E-state index in [1.54, 1.807) is 0 Å². The summed E-state index contributed by atoms with van der Waals surface area (Å²) in [4.78, 5) is 17.9. The highest BCUT2D eigenvalue weighted by Gasteiger charge is 2.32. The van der Waals surface area contributed by atoms with E-state index in [0.717, 1.165) is 19.3 Å². The highest BCUT2D eigenvalue weighted by Crippen LogP contribution is 2.32. The van der Waals surface area contributed by atoms with E-state index in [1.165, 1.54) is 12.7 Å². The van der Waals surface area contributed by atoms with Crippen molar-refractivity contribution in [3.05, 3.63) is 21.2 Å². The van der Waals surface area contributed by atoms with Gasteiger partial charge in [-0.2, -0.15) is 0 Å². The van der Waals surface area contributed by atoms with Crippen LogP contribution in [0.2, 0.25) is 0 Å². The van der Waals surface area contributed by atoms with Gasteiger partial charge in [-0.05, 0) is 34.7 Å². The first-order valence-corrected chi connectivity index (χ1v) is 6.99. The highest BCUT2D eigenvalue weighted by molar-refractivity contribution is 9.10. The number of anilines is 1. The summed E-state index contributed by atoms with van der Waals surface area (Å²) in [7, 11) is 0. The molecule has 1 aliphatic rings. The van der Waals surface area contributed by atoms with Crippen molar-refractivity contribution in [2.75, 3.05) is 11.9 Å². The fraction of sp³-hybridized carbons (Fsp3) is 0.667. The van der Waals surface area contributed by atoms with Gasteiger partial charge in [-0.25, -0.2) is 4.98 Å². The zero-order chi connectivity index (χ0) is 13.2. The van der Waals surface area contributed by atoms with Crippen LogP contribution in [0.25, 0.3) is 0 Å². The van der Waals surface area contributed by atoms with Crippen LogP contribution < -0.4 is 10.9 Å². The van der Waals surface area contributed by atoms with Crippen molar-refractivity contribution in [3.63, 3.8) is 0 Å². The highest BCUT2D eigenvalue weighted by atomic mass is 79.9. The lowest BCUT2D eigenvalue weighted by Crippen LogP contribution is -2.41. The standard InChI is InChI=1S/C12H18BrN3O2/c1-8-3-2-4-12(18,5-8)6-14-10-9(13)11(17)16-7-15-10/h7-8,18H,2-6H2,1H3,(H2,14,15,16,17). The smallest absolute Gasteiger partial charge is 0.267 e. The summed E-state index contributed by atoms with van der Waals surface area (Å²) in [5.74, 6) is 1.02. The second-order valence-electron chi connectivity index (χ2n) is 5.17. The molecule has 2 rings (SSSR count). The van der Waals surface area contributed by atoms with E-state index in [9.17, 15) is 9.90 Å². The number of H-pyrrole nitrogens is 1. The molecule has 18 heavy (non-hydrogen) atoms. The molecule has 3 N–H and O–H groups in total. The Hall–Kier alpha value is -0.880. The number of halogens is 1. The number of hydrogen-bond donors (Lipinski definition) is 3. The van der Waals surface area contributed by atoms with Gasteiger partial charge in [0.15, 0.2) is 0 Å². The van der Waals surface area contributed by atoms with Crippen LogP contribution >= 0.6 is 15.9 Å². The first-order valence-electron chi connectivity index (χ1n) is 6.20. The van der Waals surface area contributed by atoms with Gasteiger partial charge in [0.1, 0.15) is 10.3 Å². The zero-order valence-corrected chi connectivity index (χ0v) is 12.0. The van der Waals surface area contributed by atoms with Gasteiger partial charge in [0.05, 0.1) is 11.9 Å². The lowest BCUT2D eigenvalue weighted by atomic mass is 9.79. The van der Waals surface area contributed by atoms with E-state index in [1.807, 2.05) is 0 Å². The van der Waals surface area contributed by atoms with Gasteiger partial charge in [-0.15, -0.1) is 0 Å². The fourth-order valence-corrected chi connectivity index (χ4v) is 2.90. The molecule has 0 aromatic carbocycles. The van der Waals surface area contributed by atoms with Crippen LogP contribution in [0.15, 0.2) is 15.6 Å². The van der Waals surface area contributed by atoms with Crippen molar-refractivity contribution in [2.24, 2.45) is 5.92 Å². The van der Waals surface area contributed by atoms with Crippen LogP contribution in [-0.2, 0) is 0 Å². The maximum atomic E-state index is 11.4. The molecule has 0 bridgehead atoms. The molecule has 1 aromatic rings. The Morgan fingerprint density at radius 3 is 3.22 bits per heavy atom. The Labute approximate surface area is 114 Å². The van der Waals surface area contributed by atoms with E-state index in [4.69, 9.17) is 0 Å². The molecule has 2 unspecified atom stereocenters. The van der Waals surface area contributed by atoms with E-state index in [-0.39, 0.29) is 5.56 Å². The van der Waals surface area contributed by atoms with Gasteiger partial charge in [-0.1, -0.05) is 19.8 Å². The first kappa shape index (κ1) is 13.5. The molecule has 100 valence electrons. The lowest BCUT2D eigenvalue weighted by Gasteiger charge is -2.35. The van der Waals surface area contributed by atoms with Crippen LogP contribution in [0, 0.1) is 5.92 Å². The summed E-state index contributed by atoms with van der Waals surface area (Å²) in [6.07, 6.45) is 5.16. The number of aromatic nitrogens is 2. The largest absolute Gasteiger partial charge is 0.388 e. The Balaban J connectivity index is 2.02. The van der Waals surface area contributed by atoms with Crippen molar-refractivity contribution in [1.29, 1.82) is 0 Å². The van der Waals surface area contributed by atoms with Gasteiger partial charge in [0.25, 0.3) is 5.56 Å². The van der Waals surface area contributed by atoms with Crippen molar-refractivity contribution in [3.8, 4) is 0 Å². The minimum Gasteiger partial charge on any atom is -0.388 e. The fourth-order valence-electron chi connectivity index (χ4n) is 2.55. The van der Waals surface area contributed by atoms with Crippen molar-refractivity contribution < 1.29 is 5.11 Å². The monoisotopic (exact) mass is 315 g/mol. The Morgan fingerprint density at radius 1 is 1.72 bits per heavy atom. The molecular formula is C12H18BrN3O2. The van der Waals surface area contributed by atoms with Gasteiger partial charge in [0.2, 0.25) is 0 Å². The van der Waals surface area contributed by atoms with E-state index >= 15 is 0 Å². The van der Waals surface area contributed by atoms with Crippen LogP contribution in [0.5, 0.6) is 0 Å². The van der Waals surface area contributed by atoms with E-state index in [2.05, 4.69) is 38.1 Å². The molecule has 0 radical (unpaired) electrons. The average Bonchev–Trinajstić information content (AvgIpc) is 2.31. The number of rotatable bonds is 3. The third kappa shape index (κ3) is 3.11. The topological polar surface area (TPSA) is 78.0 Å². The molecule has 0 spiro atoms. The van der Waals surface area contributed by atoms with Gasteiger partial charge < -0.3 is 15.4 Å². The predicted octanol–water partition coefficient (Wildman–Crippen LogP) is 1.89. The van der Waals surface area contributed by atoms with E-state index in [0.29, 0.717) is 22.8 Å². The Morgan fingerprint density at radius 2 is 2.50 bits per heavy atom. The van der Waals surface area contributed by atoms with Crippen molar-refractivity contribution in [2.45, 2.75) is 38.2 Å². The maximum absolute atomic E-state index is 11.4. The summed E-state index contributed by atoms with van der Waals surface area (Å²) in [5, 5.41) is 13.5. The van der Waals surface area contributed by atoms with Gasteiger partial charge >= 0.3 is 0 Å². The summed E-state index contributed by atoms with van der Waals surface area (Å²) >= 11 is 3.18. The van der Waals surface area contributed by atoms with Crippen molar-refractivity contribution >= 4 is 21.7 Å². The molecule has 1 fully saturated rings. The second kappa shape index (κ2) is 5.40. The summed E-state index contributed by atoms with van der Waals surface area (Å²) < 4.78 is 0.373. The molecule has 5 nitrogen and oxygen atoms in total. The summed E-state index contributed by atoms with van der Waals surface area (Å²) in [6, 6.07) is 0. The van der Waals surface area contributed by atoms with Crippen LogP contribution in [-0.4, -0.2) is 27.2 Å². The normalized spacial score (nSPS) is 28.1. The second-order valence-corrected chi connectivity index (χ2v) is 5.97. The molecule has 1 saturated carbocycles. The molecule has 0 saturated heterocycles. The van der Waals surface area contributed by atoms with Crippen molar-refractivity contribution in [1.82, 2.24) is 9.97 Å². The predicted molar refractivity (Wildman–Crippen MR) is 73.6 cm³/mol. The number of aliphatic hydroxyl groups is 1. The third-order valence-electron chi connectivity index (χ3n) is 3.45. The van der Waals surface area contributed by atoms with Crippen LogP contribution in [0.3, 0.4) is 0 Å². The lowest BCUT2D eigenvalue weighted by molar-refractivity contribution is -0.000841. The summed E-state index contributed by atoms with van der Waals surface area (Å²) in [5.41, 5.74) is -0.919. The SMILES string of the molecule is CC1CCCC(O)(CNc2nc[nH]c(=O)c2Br)C1. The minimum atomic E-state index is -0.693. The Bertz CT molecular complexity index is 477. The molecule has 6 heteroatoms. The maximum Gasteiger partial charge on any atom is 0.267 e. The molecule has 1 heterocycles. The molecule has 0 amide bonds. The summed E-state index contributed by atoms with van der Waals surface area (Å²) in [6.45, 7) is 2.58. The van der Waals surface area contributed by atoms with E-state index < -0.39 is 5.60 Å². The molecule has 1 aliphatic carbocycles. The zero-order valence-electron chi connectivity index (χ0n) is 10.4. The number of nitrogens with zero attached hydrogens (tertiary/aromatic N) is 1. The van der Waals surface area contributed by atoms with Gasteiger partial charge in [0, 0.05) is 6.54 Å². The van der Waals surface area contributed by atoms with Gasteiger partial charge in [-0.3, -0.25) is 4.79 Å². The third-order valence-corrected chi connectivity index (χ3v) is 4.18. The minimum absolute atomic E-state index is 0.225. The first-order chi connectivity index (χ1) is 8.50. The number of nitrogens with one attached hydrogen (secondary N) is 2. The van der Waals surface area contributed by atoms with Crippen LogP contribution in [0.4, 0.5) is 5.82 Å². The number of aromatic amines is 1. The number of hydrogen-bond acceptors (Lipinski definition) is 4. The Kier molecular flexibility index (Phi) is 4.07. The molecular weight excluding hydrogens is 298 g/mol. The molecule has 1 aromatic heterocycles.